The van der Waals surface area contributed by atoms with Crippen molar-refractivity contribution in [3.63, 3.8) is 0 Å². The highest BCUT2D eigenvalue weighted by molar-refractivity contribution is 6.18. The van der Waals surface area contributed by atoms with E-state index in [-0.39, 0.29) is 5.54 Å². The Bertz CT molecular complexity index is 347. The van der Waals surface area contributed by atoms with Crippen molar-refractivity contribution in [2.45, 2.75) is 24.8 Å². The van der Waals surface area contributed by atoms with Gasteiger partial charge in [-0.3, -0.25) is 0 Å². The van der Waals surface area contributed by atoms with E-state index in [1.54, 1.807) is 0 Å². The van der Waals surface area contributed by atoms with Crippen molar-refractivity contribution in [1.29, 1.82) is 0 Å². The third-order valence-electron chi connectivity index (χ3n) is 3.48. The van der Waals surface area contributed by atoms with Crippen LogP contribution in [-0.4, -0.2) is 40.7 Å². The van der Waals surface area contributed by atoms with E-state index in [2.05, 4.69) is 14.9 Å². The standard InChI is InChI=1S/C12H20ClN3O/c1-16-7-6-14-11(16)2-5-15-12(10-13)3-8-17-9-4-12/h6-7,15H,2-5,8-10H2,1H3. The van der Waals surface area contributed by atoms with E-state index in [9.17, 15) is 0 Å². The second kappa shape index (κ2) is 5.85. The fourth-order valence-corrected chi connectivity index (χ4v) is 2.56. The molecule has 4 nitrogen and oxygen atoms in total. The highest BCUT2D eigenvalue weighted by atomic mass is 35.5. The Kier molecular flexibility index (Phi) is 4.42. The fourth-order valence-electron chi connectivity index (χ4n) is 2.20. The first-order chi connectivity index (χ1) is 8.26. The largest absolute Gasteiger partial charge is 0.381 e. The number of ether oxygens (including phenoxy) is 1. The topological polar surface area (TPSA) is 39.1 Å². The molecular formula is C12H20ClN3O. The highest BCUT2D eigenvalue weighted by Gasteiger charge is 2.30. The quantitative estimate of drug-likeness (QED) is 0.810. The normalized spacial score (nSPS) is 19.4. The van der Waals surface area contributed by atoms with Crippen molar-refractivity contribution in [2.75, 3.05) is 25.6 Å². The van der Waals surface area contributed by atoms with Crippen molar-refractivity contribution in [2.24, 2.45) is 7.05 Å². The summed E-state index contributed by atoms with van der Waals surface area (Å²) in [5.41, 5.74) is 0.0605. The van der Waals surface area contributed by atoms with Crippen molar-refractivity contribution >= 4 is 11.6 Å². The molecule has 0 saturated carbocycles. The Morgan fingerprint density at radius 2 is 2.29 bits per heavy atom. The minimum atomic E-state index is 0.0605. The van der Waals surface area contributed by atoms with E-state index in [0.717, 1.165) is 44.8 Å². The smallest absolute Gasteiger partial charge is 0.109 e. The summed E-state index contributed by atoms with van der Waals surface area (Å²) in [4.78, 5) is 4.31. The Morgan fingerprint density at radius 3 is 2.88 bits per heavy atom. The van der Waals surface area contributed by atoms with Gasteiger partial charge in [0.15, 0.2) is 0 Å². The van der Waals surface area contributed by atoms with Crippen LogP contribution < -0.4 is 5.32 Å². The molecule has 0 aromatic carbocycles. The molecular weight excluding hydrogens is 238 g/mol. The molecule has 17 heavy (non-hydrogen) atoms. The van der Waals surface area contributed by atoms with Crippen molar-refractivity contribution in [3.8, 4) is 0 Å². The molecule has 1 saturated heterocycles. The summed E-state index contributed by atoms with van der Waals surface area (Å²) in [5.74, 6) is 1.76. The second-order valence-corrected chi connectivity index (χ2v) is 4.92. The number of halogens is 1. The molecule has 0 atom stereocenters. The molecule has 1 aromatic heterocycles. The summed E-state index contributed by atoms with van der Waals surface area (Å²) < 4.78 is 7.44. The molecule has 0 unspecified atom stereocenters. The average molecular weight is 258 g/mol. The van der Waals surface area contributed by atoms with E-state index in [4.69, 9.17) is 16.3 Å². The summed E-state index contributed by atoms with van der Waals surface area (Å²) in [6, 6.07) is 0. The average Bonchev–Trinajstić information content (AvgIpc) is 2.76. The minimum Gasteiger partial charge on any atom is -0.381 e. The number of imidazole rings is 1. The Balaban J connectivity index is 1.82. The lowest BCUT2D eigenvalue weighted by molar-refractivity contribution is 0.0468. The maximum absolute atomic E-state index is 6.09. The first-order valence-corrected chi connectivity index (χ1v) is 6.64. The van der Waals surface area contributed by atoms with E-state index in [0.29, 0.717) is 5.88 Å². The molecule has 1 N–H and O–H groups in total. The van der Waals surface area contributed by atoms with Crippen LogP contribution in [0.1, 0.15) is 18.7 Å². The van der Waals surface area contributed by atoms with Crippen LogP contribution >= 0.6 is 11.6 Å². The van der Waals surface area contributed by atoms with Gasteiger partial charge in [0.2, 0.25) is 0 Å². The Morgan fingerprint density at radius 1 is 1.53 bits per heavy atom. The van der Waals surface area contributed by atoms with Crippen molar-refractivity contribution < 1.29 is 4.74 Å². The minimum absolute atomic E-state index is 0.0605. The third-order valence-corrected chi connectivity index (χ3v) is 3.99. The molecule has 0 bridgehead atoms. The lowest BCUT2D eigenvalue weighted by Gasteiger charge is -2.36. The van der Waals surface area contributed by atoms with Crippen LogP contribution in [0.25, 0.3) is 0 Å². The molecule has 0 spiro atoms. The summed E-state index contributed by atoms with van der Waals surface area (Å²) >= 11 is 6.09. The first-order valence-electron chi connectivity index (χ1n) is 6.11. The zero-order valence-corrected chi connectivity index (χ0v) is 11.0. The van der Waals surface area contributed by atoms with Gasteiger partial charge >= 0.3 is 0 Å². The number of aromatic nitrogens is 2. The van der Waals surface area contributed by atoms with E-state index in [1.165, 1.54) is 0 Å². The van der Waals surface area contributed by atoms with Crippen LogP contribution in [-0.2, 0) is 18.2 Å². The second-order valence-electron chi connectivity index (χ2n) is 4.66. The van der Waals surface area contributed by atoms with Crippen LogP contribution in [0.15, 0.2) is 12.4 Å². The van der Waals surface area contributed by atoms with Crippen LogP contribution in [0, 0.1) is 0 Å². The van der Waals surface area contributed by atoms with E-state index in [1.807, 2.05) is 19.4 Å². The molecule has 1 aliphatic heterocycles. The number of nitrogens with zero attached hydrogens (tertiary/aromatic N) is 2. The maximum Gasteiger partial charge on any atom is 0.109 e. The molecule has 0 amide bonds. The lowest BCUT2D eigenvalue weighted by Crippen LogP contribution is -2.51. The molecule has 2 rings (SSSR count). The van der Waals surface area contributed by atoms with Crippen LogP contribution in [0.4, 0.5) is 0 Å². The summed E-state index contributed by atoms with van der Waals surface area (Å²) in [6.45, 7) is 2.53. The number of hydrogen-bond donors (Lipinski definition) is 1. The van der Waals surface area contributed by atoms with Gasteiger partial charge in [0.05, 0.1) is 0 Å². The van der Waals surface area contributed by atoms with Crippen LogP contribution in [0.3, 0.4) is 0 Å². The summed E-state index contributed by atoms with van der Waals surface area (Å²) in [7, 11) is 2.02. The van der Waals surface area contributed by atoms with Gasteiger partial charge < -0.3 is 14.6 Å². The molecule has 5 heteroatoms. The van der Waals surface area contributed by atoms with Gasteiger partial charge in [0, 0.05) is 57.0 Å². The van der Waals surface area contributed by atoms with Crippen LogP contribution in [0.2, 0.25) is 0 Å². The Hall–Kier alpha value is -0.580. The van der Waals surface area contributed by atoms with E-state index < -0.39 is 0 Å². The predicted octanol–water partition coefficient (Wildman–Crippen LogP) is 1.34. The van der Waals surface area contributed by atoms with Crippen molar-refractivity contribution in [3.05, 3.63) is 18.2 Å². The van der Waals surface area contributed by atoms with Gasteiger partial charge in [-0.15, -0.1) is 11.6 Å². The summed E-state index contributed by atoms with van der Waals surface area (Å²) in [6.07, 6.45) is 6.74. The monoisotopic (exact) mass is 257 g/mol. The molecule has 96 valence electrons. The van der Waals surface area contributed by atoms with Gasteiger partial charge in [0.1, 0.15) is 5.82 Å². The Labute approximate surface area is 107 Å². The zero-order chi connectivity index (χ0) is 12.1. The predicted molar refractivity (Wildman–Crippen MR) is 68.4 cm³/mol. The van der Waals surface area contributed by atoms with Gasteiger partial charge in [-0.05, 0) is 12.8 Å². The van der Waals surface area contributed by atoms with Gasteiger partial charge in [0.25, 0.3) is 0 Å². The molecule has 1 fully saturated rings. The maximum atomic E-state index is 6.09. The number of alkyl halides is 1. The molecule has 1 aliphatic rings. The van der Waals surface area contributed by atoms with Gasteiger partial charge in [-0.1, -0.05) is 0 Å². The zero-order valence-electron chi connectivity index (χ0n) is 10.3. The first kappa shape index (κ1) is 12.9. The number of rotatable bonds is 5. The van der Waals surface area contributed by atoms with Crippen molar-refractivity contribution in [1.82, 2.24) is 14.9 Å². The number of aryl methyl sites for hydroxylation is 1. The molecule has 0 aliphatic carbocycles. The van der Waals surface area contributed by atoms with Gasteiger partial charge in [-0.25, -0.2) is 4.98 Å². The molecule has 1 aromatic rings. The third kappa shape index (κ3) is 3.21. The molecule has 2 heterocycles. The molecule has 0 radical (unpaired) electrons. The lowest BCUT2D eigenvalue weighted by atomic mass is 9.92. The highest BCUT2D eigenvalue weighted by Crippen LogP contribution is 2.22. The van der Waals surface area contributed by atoms with E-state index >= 15 is 0 Å². The fraction of sp³-hybridized carbons (Fsp3) is 0.750. The summed E-state index contributed by atoms with van der Waals surface area (Å²) in [5, 5.41) is 3.58. The SMILES string of the molecule is Cn1ccnc1CCNC1(CCl)CCOCC1. The number of hydrogen-bond acceptors (Lipinski definition) is 3. The van der Waals surface area contributed by atoms with Crippen LogP contribution in [0.5, 0.6) is 0 Å². The van der Waals surface area contributed by atoms with Gasteiger partial charge in [-0.2, -0.15) is 0 Å². The number of nitrogens with one attached hydrogen (secondary N) is 1.